The Morgan fingerprint density at radius 3 is 3.00 bits per heavy atom. The number of halogens is 1. The highest BCUT2D eigenvalue weighted by atomic mass is 127. The molecule has 0 atom stereocenters. The van der Waals surface area contributed by atoms with Gasteiger partial charge in [0.2, 0.25) is 4.96 Å². The molecule has 0 unspecified atom stereocenters. The van der Waals surface area contributed by atoms with E-state index in [0.717, 1.165) is 25.0 Å². The van der Waals surface area contributed by atoms with Gasteiger partial charge in [0.15, 0.2) is 0 Å². The molecule has 0 saturated heterocycles. The smallest absolute Gasteiger partial charge is 0.213 e. The summed E-state index contributed by atoms with van der Waals surface area (Å²) in [6.07, 6.45) is 5.24. The van der Waals surface area contributed by atoms with E-state index in [2.05, 4.69) is 37.7 Å². The molecule has 0 fully saturated rings. The van der Waals surface area contributed by atoms with Crippen molar-refractivity contribution in [1.29, 1.82) is 0 Å². The number of imidazole rings is 1. The van der Waals surface area contributed by atoms with E-state index >= 15 is 0 Å². The molecule has 0 saturated carbocycles. The lowest BCUT2D eigenvalue weighted by Gasteiger charge is -1.99. The van der Waals surface area contributed by atoms with Crippen molar-refractivity contribution in [3.05, 3.63) is 28.4 Å². The third-order valence-corrected chi connectivity index (χ3v) is 3.95. The first-order chi connectivity index (χ1) is 8.28. The van der Waals surface area contributed by atoms with Gasteiger partial charge in [0, 0.05) is 11.8 Å². The Morgan fingerprint density at radius 1 is 1.35 bits per heavy atom. The van der Waals surface area contributed by atoms with Crippen molar-refractivity contribution < 1.29 is 4.74 Å². The van der Waals surface area contributed by atoms with Gasteiger partial charge in [-0.05, 0) is 28.7 Å². The summed E-state index contributed by atoms with van der Waals surface area (Å²) in [5.41, 5.74) is 0.940. The Bertz CT molecular complexity index is 678. The molecule has 86 valence electrons. The summed E-state index contributed by atoms with van der Waals surface area (Å²) in [6, 6.07) is 1.91. The zero-order chi connectivity index (χ0) is 11.8. The van der Waals surface area contributed by atoms with Crippen molar-refractivity contribution in [3.8, 4) is 16.3 Å². The number of pyridine rings is 1. The van der Waals surface area contributed by atoms with Crippen LogP contribution in [0.15, 0.2) is 24.7 Å². The molecule has 0 aromatic carbocycles. The first-order valence-electron chi connectivity index (χ1n) is 4.77. The molecule has 3 rings (SSSR count). The van der Waals surface area contributed by atoms with Gasteiger partial charge in [0.1, 0.15) is 14.5 Å². The Morgan fingerprint density at radius 2 is 2.24 bits per heavy atom. The van der Waals surface area contributed by atoms with E-state index in [9.17, 15) is 0 Å². The SMILES string of the molecule is COc1cncc(-c2nn3c(I)cnc3s2)c1. The van der Waals surface area contributed by atoms with E-state index in [4.69, 9.17) is 4.74 Å². The number of rotatable bonds is 2. The number of hydrogen-bond donors (Lipinski definition) is 0. The fraction of sp³-hybridized carbons (Fsp3) is 0.100. The molecular formula is C10H7IN4OS. The van der Waals surface area contributed by atoms with Gasteiger partial charge in [0.25, 0.3) is 0 Å². The molecule has 0 bridgehead atoms. The predicted molar refractivity (Wildman–Crippen MR) is 73.4 cm³/mol. The minimum atomic E-state index is 0.727. The maximum absolute atomic E-state index is 5.15. The van der Waals surface area contributed by atoms with Crippen molar-refractivity contribution in [2.45, 2.75) is 0 Å². The van der Waals surface area contributed by atoms with Crippen LogP contribution in [0.5, 0.6) is 5.75 Å². The first-order valence-corrected chi connectivity index (χ1v) is 6.67. The van der Waals surface area contributed by atoms with E-state index in [1.807, 2.05) is 10.6 Å². The van der Waals surface area contributed by atoms with E-state index in [-0.39, 0.29) is 0 Å². The van der Waals surface area contributed by atoms with Gasteiger partial charge in [-0.25, -0.2) is 4.98 Å². The molecule has 7 heteroatoms. The average Bonchev–Trinajstić information content (AvgIpc) is 2.92. The molecule has 0 spiro atoms. The van der Waals surface area contributed by atoms with Crippen LogP contribution in [0.4, 0.5) is 0 Å². The molecule has 0 aliphatic heterocycles. The van der Waals surface area contributed by atoms with Gasteiger partial charge in [-0.1, -0.05) is 11.3 Å². The third-order valence-electron chi connectivity index (χ3n) is 2.24. The van der Waals surface area contributed by atoms with Gasteiger partial charge in [-0.3, -0.25) is 4.98 Å². The molecule has 0 N–H and O–H groups in total. The minimum absolute atomic E-state index is 0.727. The number of hydrogen-bond acceptors (Lipinski definition) is 5. The standard InChI is InChI=1S/C10H7IN4OS/c1-16-7-2-6(3-12-4-7)9-14-15-8(11)5-13-10(15)17-9/h2-5H,1H3. The van der Waals surface area contributed by atoms with Crippen LogP contribution in [0.25, 0.3) is 15.5 Å². The van der Waals surface area contributed by atoms with Crippen LogP contribution in [-0.2, 0) is 0 Å². The molecular weight excluding hydrogens is 351 g/mol. The maximum atomic E-state index is 5.15. The summed E-state index contributed by atoms with van der Waals surface area (Å²) in [6.45, 7) is 0. The Hall–Kier alpha value is -1.22. The molecule has 3 heterocycles. The zero-order valence-electron chi connectivity index (χ0n) is 8.79. The van der Waals surface area contributed by atoms with Crippen molar-refractivity contribution >= 4 is 38.9 Å². The van der Waals surface area contributed by atoms with Gasteiger partial charge >= 0.3 is 0 Å². The highest BCUT2D eigenvalue weighted by Gasteiger charge is 2.10. The van der Waals surface area contributed by atoms with Crippen molar-refractivity contribution in [2.24, 2.45) is 0 Å². The van der Waals surface area contributed by atoms with Crippen LogP contribution in [0.1, 0.15) is 0 Å². The van der Waals surface area contributed by atoms with Crippen LogP contribution < -0.4 is 4.74 Å². The molecule has 3 aromatic rings. The van der Waals surface area contributed by atoms with Gasteiger partial charge in [0.05, 0.1) is 19.5 Å². The van der Waals surface area contributed by atoms with Crippen molar-refractivity contribution in [3.63, 3.8) is 0 Å². The average molecular weight is 358 g/mol. The lowest BCUT2D eigenvalue weighted by Crippen LogP contribution is -1.88. The second kappa shape index (κ2) is 4.22. The quantitative estimate of drug-likeness (QED) is 0.661. The number of aromatic nitrogens is 4. The molecule has 0 radical (unpaired) electrons. The van der Waals surface area contributed by atoms with Crippen LogP contribution in [-0.4, -0.2) is 26.7 Å². The van der Waals surface area contributed by atoms with Gasteiger partial charge in [-0.2, -0.15) is 9.61 Å². The summed E-state index contributed by atoms with van der Waals surface area (Å²) in [4.78, 5) is 9.27. The van der Waals surface area contributed by atoms with Gasteiger partial charge in [-0.15, -0.1) is 0 Å². The van der Waals surface area contributed by atoms with E-state index in [0.29, 0.717) is 0 Å². The highest BCUT2D eigenvalue weighted by Crippen LogP contribution is 2.27. The maximum Gasteiger partial charge on any atom is 0.213 e. The lowest BCUT2D eigenvalue weighted by molar-refractivity contribution is 0.413. The summed E-state index contributed by atoms with van der Waals surface area (Å²) in [5, 5.41) is 5.37. The number of nitrogens with zero attached hydrogens (tertiary/aromatic N) is 4. The summed E-state index contributed by atoms with van der Waals surface area (Å²) >= 11 is 3.74. The fourth-order valence-corrected chi connectivity index (χ4v) is 2.93. The summed E-state index contributed by atoms with van der Waals surface area (Å²) in [5.74, 6) is 0.727. The number of methoxy groups -OCH3 is 1. The van der Waals surface area contributed by atoms with Crippen LogP contribution >= 0.6 is 33.9 Å². The van der Waals surface area contributed by atoms with Crippen LogP contribution in [0, 0.1) is 3.70 Å². The van der Waals surface area contributed by atoms with Crippen molar-refractivity contribution in [1.82, 2.24) is 19.6 Å². The lowest BCUT2D eigenvalue weighted by atomic mass is 10.3. The Labute approximate surface area is 115 Å². The third kappa shape index (κ3) is 1.89. The van der Waals surface area contributed by atoms with Crippen LogP contribution in [0.2, 0.25) is 0 Å². The van der Waals surface area contributed by atoms with E-state index in [1.165, 1.54) is 11.3 Å². The second-order valence-electron chi connectivity index (χ2n) is 3.30. The zero-order valence-corrected chi connectivity index (χ0v) is 11.8. The summed E-state index contributed by atoms with van der Waals surface area (Å²) < 4.78 is 7.96. The summed E-state index contributed by atoms with van der Waals surface area (Å²) in [7, 11) is 1.62. The molecule has 5 nitrogen and oxygen atoms in total. The molecule has 17 heavy (non-hydrogen) atoms. The first kappa shape index (κ1) is 10.9. The minimum Gasteiger partial charge on any atom is -0.495 e. The predicted octanol–water partition coefficient (Wildman–Crippen LogP) is 2.47. The number of fused-ring (bicyclic) bond motifs is 1. The number of ether oxygens (including phenoxy) is 1. The molecule has 0 aliphatic rings. The Balaban J connectivity index is 2.13. The van der Waals surface area contributed by atoms with E-state index < -0.39 is 0 Å². The van der Waals surface area contributed by atoms with E-state index in [1.54, 1.807) is 25.7 Å². The fourth-order valence-electron chi connectivity index (χ4n) is 1.43. The largest absolute Gasteiger partial charge is 0.495 e. The topological polar surface area (TPSA) is 52.3 Å². The van der Waals surface area contributed by atoms with Gasteiger partial charge < -0.3 is 4.74 Å². The normalized spacial score (nSPS) is 10.9. The van der Waals surface area contributed by atoms with Crippen molar-refractivity contribution in [2.75, 3.05) is 7.11 Å². The molecule has 3 aromatic heterocycles. The van der Waals surface area contributed by atoms with Crippen LogP contribution in [0.3, 0.4) is 0 Å². The molecule has 0 aliphatic carbocycles. The Kier molecular flexibility index (Phi) is 2.71. The highest BCUT2D eigenvalue weighted by molar-refractivity contribution is 14.1. The monoisotopic (exact) mass is 358 g/mol. The second-order valence-corrected chi connectivity index (χ2v) is 5.36. The molecule has 0 amide bonds.